The van der Waals surface area contributed by atoms with Crippen LogP contribution in [0.1, 0.15) is 24.1 Å². The van der Waals surface area contributed by atoms with Crippen molar-refractivity contribution in [2.75, 3.05) is 0 Å². The average molecular weight is 182 g/mol. The zero-order chi connectivity index (χ0) is 9.42. The number of amides is 1. The van der Waals surface area contributed by atoms with E-state index in [1.165, 1.54) is 0 Å². The first-order valence-electron chi connectivity index (χ1n) is 4.24. The van der Waals surface area contributed by atoms with E-state index in [-0.39, 0.29) is 0 Å². The molecule has 0 bridgehead atoms. The van der Waals surface area contributed by atoms with Crippen LogP contribution in [0.4, 0.5) is 4.79 Å². The van der Waals surface area contributed by atoms with Crippen molar-refractivity contribution in [1.29, 1.82) is 0 Å². The van der Waals surface area contributed by atoms with Crippen LogP contribution >= 0.6 is 0 Å². The maximum absolute atomic E-state index is 11.2. The molecule has 0 atom stereocenters. The van der Waals surface area contributed by atoms with Crippen molar-refractivity contribution in [2.24, 2.45) is 5.73 Å². The number of fused-ring (bicyclic) bond motifs is 1. The summed E-state index contributed by atoms with van der Waals surface area (Å²) in [6.07, 6.45) is 3.34. The molecule has 0 unspecified atom stereocenters. The quantitative estimate of drug-likeness (QED) is 0.624. The Bertz CT molecular complexity index is 402. The fourth-order valence-electron chi connectivity index (χ4n) is 1.70. The summed E-state index contributed by atoms with van der Waals surface area (Å²) in [5.74, 6) is 0. The Hall–Kier alpha value is -1.52. The summed E-state index contributed by atoms with van der Waals surface area (Å²) < 4.78 is 5.63. The van der Waals surface area contributed by atoms with Crippen molar-refractivity contribution in [2.45, 2.75) is 25.7 Å². The zero-order valence-corrected chi connectivity index (χ0v) is 7.08. The van der Waals surface area contributed by atoms with Crippen LogP contribution in [0.15, 0.2) is 9.32 Å². The minimum atomic E-state index is -0.722. The lowest BCUT2D eigenvalue weighted by atomic mass is 9.98. The van der Waals surface area contributed by atoms with Gasteiger partial charge < -0.3 is 10.3 Å². The molecule has 2 rings (SSSR count). The van der Waals surface area contributed by atoms with E-state index < -0.39 is 11.7 Å². The third-order valence-corrected chi connectivity index (χ3v) is 2.30. The maximum atomic E-state index is 11.2. The highest BCUT2D eigenvalue weighted by Crippen LogP contribution is 2.18. The molecule has 5 heteroatoms. The molecule has 0 aromatic carbocycles. The molecular weight excluding hydrogens is 172 g/mol. The van der Waals surface area contributed by atoms with E-state index in [0.717, 1.165) is 17.6 Å². The number of rotatable bonds is 0. The summed E-state index contributed by atoms with van der Waals surface area (Å²) in [6, 6.07) is -0.722. The molecule has 0 spiro atoms. The van der Waals surface area contributed by atoms with Gasteiger partial charge in [-0.25, -0.2) is 9.59 Å². The summed E-state index contributed by atoms with van der Waals surface area (Å²) in [5.41, 5.74) is 5.89. The number of primary amides is 1. The first-order chi connectivity index (χ1) is 6.20. The Morgan fingerprint density at radius 3 is 2.77 bits per heavy atom. The van der Waals surface area contributed by atoms with Crippen molar-refractivity contribution in [3.05, 3.63) is 21.7 Å². The van der Waals surface area contributed by atoms with E-state index in [1.54, 1.807) is 0 Å². The predicted octanol–water partition coefficient (Wildman–Crippen LogP) is 0.247. The highest BCUT2D eigenvalue weighted by molar-refractivity contribution is 5.74. The van der Waals surface area contributed by atoms with Crippen molar-refractivity contribution in [1.82, 2.24) is 4.74 Å². The van der Waals surface area contributed by atoms with Gasteiger partial charge in [-0.1, -0.05) is 0 Å². The molecular formula is C8H10N2O3. The molecule has 1 aliphatic carbocycles. The molecule has 2 N–H and O–H groups in total. The van der Waals surface area contributed by atoms with Crippen LogP contribution in [0.2, 0.25) is 0 Å². The van der Waals surface area contributed by atoms with E-state index in [1.807, 2.05) is 0 Å². The highest BCUT2D eigenvalue weighted by atomic mass is 16.5. The molecule has 0 aliphatic heterocycles. The minimum Gasteiger partial charge on any atom is -0.349 e. The summed E-state index contributed by atoms with van der Waals surface area (Å²) in [7, 11) is 0. The number of hydrogen-bond donors (Lipinski definition) is 1. The number of nitrogens with zero attached hydrogens (tertiary/aromatic N) is 1. The summed E-state index contributed by atoms with van der Waals surface area (Å²) in [6.45, 7) is 0. The van der Waals surface area contributed by atoms with E-state index in [2.05, 4.69) is 0 Å². The minimum absolute atomic E-state index is 0.423. The van der Waals surface area contributed by atoms with Crippen LogP contribution in [0.3, 0.4) is 0 Å². The summed E-state index contributed by atoms with van der Waals surface area (Å²) in [5, 5.41) is 0. The van der Waals surface area contributed by atoms with Gasteiger partial charge in [0.2, 0.25) is 0 Å². The van der Waals surface area contributed by atoms with E-state index in [0.29, 0.717) is 24.1 Å². The summed E-state index contributed by atoms with van der Waals surface area (Å²) >= 11 is 0. The Balaban J connectivity index is 2.60. The van der Waals surface area contributed by atoms with Gasteiger partial charge in [0.25, 0.3) is 0 Å². The van der Waals surface area contributed by atoms with Crippen molar-refractivity contribution in [3.8, 4) is 0 Å². The van der Waals surface area contributed by atoms with E-state index in [9.17, 15) is 9.59 Å². The molecule has 13 heavy (non-hydrogen) atoms. The van der Waals surface area contributed by atoms with Gasteiger partial charge in [-0.2, -0.15) is 0 Å². The fourth-order valence-corrected chi connectivity index (χ4v) is 1.70. The SMILES string of the molecule is NC(=O)n1oc(=O)c2c1CCCC2. The average Bonchev–Trinajstić information content (AvgIpc) is 2.45. The van der Waals surface area contributed by atoms with E-state index >= 15 is 0 Å². The first kappa shape index (κ1) is 8.10. The van der Waals surface area contributed by atoms with Crippen LogP contribution in [0.5, 0.6) is 0 Å². The van der Waals surface area contributed by atoms with Gasteiger partial charge in [-0.3, -0.25) is 0 Å². The number of hydrogen-bond acceptors (Lipinski definition) is 3. The Morgan fingerprint density at radius 2 is 2.08 bits per heavy atom. The lowest BCUT2D eigenvalue weighted by Crippen LogP contribution is -2.22. The van der Waals surface area contributed by atoms with Gasteiger partial charge in [-0.15, -0.1) is 4.74 Å². The lowest BCUT2D eigenvalue weighted by molar-refractivity contribution is 0.213. The maximum Gasteiger partial charge on any atom is 0.361 e. The second kappa shape index (κ2) is 2.76. The lowest BCUT2D eigenvalue weighted by Gasteiger charge is -2.09. The largest absolute Gasteiger partial charge is 0.361 e. The van der Waals surface area contributed by atoms with E-state index in [4.69, 9.17) is 10.3 Å². The Morgan fingerprint density at radius 1 is 1.38 bits per heavy atom. The number of aromatic nitrogens is 1. The third-order valence-electron chi connectivity index (χ3n) is 2.30. The van der Waals surface area contributed by atoms with Gasteiger partial charge in [0.1, 0.15) is 0 Å². The molecule has 1 aliphatic rings. The Labute approximate surface area is 74.1 Å². The molecule has 0 saturated carbocycles. The molecule has 1 aromatic heterocycles. The van der Waals surface area contributed by atoms with Gasteiger partial charge in [0.05, 0.1) is 11.3 Å². The second-order valence-electron chi connectivity index (χ2n) is 3.14. The van der Waals surface area contributed by atoms with Crippen molar-refractivity contribution >= 4 is 6.03 Å². The predicted molar refractivity (Wildman–Crippen MR) is 44.6 cm³/mol. The monoisotopic (exact) mass is 182 g/mol. The van der Waals surface area contributed by atoms with Crippen LogP contribution in [-0.4, -0.2) is 10.8 Å². The van der Waals surface area contributed by atoms with Gasteiger partial charge in [0.15, 0.2) is 0 Å². The molecule has 0 fully saturated rings. The topological polar surface area (TPSA) is 78.2 Å². The number of nitrogens with two attached hydrogens (primary N) is 1. The molecule has 0 saturated heterocycles. The fraction of sp³-hybridized carbons (Fsp3) is 0.500. The van der Waals surface area contributed by atoms with Crippen molar-refractivity contribution in [3.63, 3.8) is 0 Å². The molecule has 1 aromatic rings. The smallest absolute Gasteiger partial charge is 0.349 e. The van der Waals surface area contributed by atoms with Gasteiger partial charge in [0, 0.05) is 0 Å². The van der Waals surface area contributed by atoms with Gasteiger partial charge >= 0.3 is 11.7 Å². The Kier molecular flexibility index (Phi) is 1.72. The van der Waals surface area contributed by atoms with Gasteiger partial charge in [-0.05, 0) is 25.7 Å². The molecule has 0 radical (unpaired) electrons. The number of carbonyl (C=O) groups is 1. The third kappa shape index (κ3) is 1.16. The van der Waals surface area contributed by atoms with Crippen LogP contribution < -0.4 is 11.4 Å². The normalized spacial score (nSPS) is 15.4. The molecule has 70 valence electrons. The number of carbonyl (C=O) groups excluding carboxylic acids is 1. The molecule has 1 heterocycles. The molecule has 1 amide bonds. The standard InChI is InChI=1S/C8H10N2O3/c9-8(12)10-6-4-2-1-3-5(6)7(11)13-10/h1-4H2,(H2,9,12). The van der Waals surface area contributed by atoms with Crippen LogP contribution in [0, 0.1) is 0 Å². The van der Waals surface area contributed by atoms with Crippen LogP contribution in [-0.2, 0) is 12.8 Å². The second-order valence-corrected chi connectivity index (χ2v) is 3.14. The molecule has 5 nitrogen and oxygen atoms in total. The summed E-state index contributed by atoms with van der Waals surface area (Å²) in [4.78, 5) is 22.0. The van der Waals surface area contributed by atoms with Crippen molar-refractivity contribution < 1.29 is 9.32 Å². The highest BCUT2D eigenvalue weighted by Gasteiger charge is 2.22. The van der Waals surface area contributed by atoms with Crippen LogP contribution in [0.25, 0.3) is 0 Å². The zero-order valence-electron chi connectivity index (χ0n) is 7.08. The first-order valence-corrected chi connectivity index (χ1v) is 4.24.